The maximum Gasteiger partial charge on any atom is 0.305 e. The van der Waals surface area contributed by atoms with Gasteiger partial charge in [-0.25, -0.2) is 0 Å². The summed E-state index contributed by atoms with van der Waals surface area (Å²) in [6.45, 7) is 6.68. The number of allylic oxidation sites excluding steroid dienone is 1. The summed E-state index contributed by atoms with van der Waals surface area (Å²) in [6.07, 6.45) is 7.18. The number of benzene rings is 3. The molecule has 196 valence electrons. The molecule has 1 aliphatic rings. The van der Waals surface area contributed by atoms with Crippen LogP contribution in [0.5, 0.6) is 0 Å². The highest BCUT2D eigenvalue weighted by atomic mass is 16.5. The highest BCUT2D eigenvalue weighted by molar-refractivity contribution is 6.01. The number of nitrogens with zero attached hydrogens (tertiary/aromatic N) is 2. The van der Waals surface area contributed by atoms with E-state index >= 15 is 0 Å². The molecule has 0 atom stereocenters. The van der Waals surface area contributed by atoms with Crippen LogP contribution in [-0.2, 0) is 16.1 Å². The largest absolute Gasteiger partial charge is 0.469 e. The normalized spacial score (nSPS) is 14.9. The third kappa shape index (κ3) is 6.08. The number of ether oxygens (including phenoxy) is 1. The van der Waals surface area contributed by atoms with E-state index in [1.165, 1.54) is 67.1 Å². The fourth-order valence-electron chi connectivity index (χ4n) is 5.60. The van der Waals surface area contributed by atoms with Crippen molar-refractivity contribution in [2.45, 2.75) is 45.6 Å². The zero-order valence-corrected chi connectivity index (χ0v) is 22.7. The van der Waals surface area contributed by atoms with E-state index in [1.807, 2.05) is 6.07 Å². The highest BCUT2D eigenvalue weighted by Crippen LogP contribution is 2.36. The number of methoxy groups -OCH3 is 1. The second kappa shape index (κ2) is 12.3. The SMILES string of the molecule is COC(=O)CC/C(=C(\c1ccc(C)cc1)c1ccc2c(ccn2CCN2CCCCC2)c1)c1ccccc1. The molecule has 0 spiro atoms. The molecule has 1 saturated heterocycles. The van der Waals surface area contributed by atoms with Gasteiger partial charge in [-0.3, -0.25) is 4.79 Å². The Morgan fingerprint density at radius 3 is 2.26 bits per heavy atom. The third-order valence-electron chi connectivity index (χ3n) is 7.74. The molecule has 1 fully saturated rings. The van der Waals surface area contributed by atoms with Crippen molar-refractivity contribution < 1.29 is 9.53 Å². The van der Waals surface area contributed by atoms with Crippen LogP contribution in [0.25, 0.3) is 22.0 Å². The van der Waals surface area contributed by atoms with E-state index in [2.05, 4.69) is 95.4 Å². The number of carbonyl (C=O) groups is 1. The first kappa shape index (κ1) is 26.0. The van der Waals surface area contributed by atoms with E-state index in [0.29, 0.717) is 12.8 Å². The zero-order valence-electron chi connectivity index (χ0n) is 22.7. The number of fused-ring (bicyclic) bond motifs is 1. The van der Waals surface area contributed by atoms with Gasteiger partial charge < -0.3 is 14.2 Å². The minimum atomic E-state index is -0.192. The standard InChI is InChI=1S/C34H38N2O2/c1-26-11-13-28(14-12-26)34(31(16-18-33(37)38-2)27-9-5-3-6-10-27)30-15-17-32-29(25-30)19-22-36(32)24-23-35-20-7-4-8-21-35/h3,5-6,9-15,17,19,22,25H,4,7-8,16,18,20-21,23-24H2,1-2H3/b34-31-. The van der Waals surface area contributed by atoms with Gasteiger partial charge in [0.25, 0.3) is 0 Å². The topological polar surface area (TPSA) is 34.5 Å². The Morgan fingerprint density at radius 1 is 0.789 bits per heavy atom. The van der Waals surface area contributed by atoms with Crippen LogP contribution in [0.1, 0.15) is 54.4 Å². The predicted octanol–water partition coefficient (Wildman–Crippen LogP) is 7.35. The Hall–Kier alpha value is -3.63. The van der Waals surface area contributed by atoms with Crippen LogP contribution in [0, 0.1) is 6.92 Å². The Balaban J connectivity index is 1.56. The molecule has 1 aromatic heterocycles. The van der Waals surface area contributed by atoms with E-state index in [9.17, 15) is 4.79 Å². The van der Waals surface area contributed by atoms with Gasteiger partial charge in [-0.05, 0) is 85.3 Å². The molecule has 5 rings (SSSR count). The Bertz CT molecular complexity index is 1390. The van der Waals surface area contributed by atoms with Crippen molar-refractivity contribution in [3.05, 3.63) is 107 Å². The molecule has 0 bridgehead atoms. The second-order valence-electron chi connectivity index (χ2n) is 10.3. The van der Waals surface area contributed by atoms with Crippen LogP contribution < -0.4 is 0 Å². The van der Waals surface area contributed by atoms with Crippen molar-refractivity contribution in [1.29, 1.82) is 0 Å². The molecule has 1 aliphatic heterocycles. The van der Waals surface area contributed by atoms with Gasteiger partial charge in [0.15, 0.2) is 0 Å². The average molecular weight is 507 g/mol. The zero-order chi connectivity index (χ0) is 26.3. The first-order valence-corrected chi connectivity index (χ1v) is 13.9. The molecule has 0 saturated carbocycles. The van der Waals surface area contributed by atoms with E-state index in [4.69, 9.17) is 4.74 Å². The van der Waals surface area contributed by atoms with Gasteiger partial charge in [-0.1, -0.05) is 72.6 Å². The number of piperidine rings is 1. The summed E-state index contributed by atoms with van der Waals surface area (Å²) in [5.41, 5.74) is 8.27. The van der Waals surface area contributed by atoms with Gasteiger partial charge in [0, 0.05) is 36.6 Å². The number of likely N-dealkylation sites (tertiary alicyclic amines) is 1. The number of carbonyl (C=O) groups excluding carboxylic acids is 1. The van der Waals surface area contributed by atoms with Crippen molar-refractivity contribution in [2.24, 2.45) is 0 Å². The molecule has 38 heavy (non-hydrogen) atoms. The summed E-state index contributed by atoms with van der Waals surface area (Å²) in [6, 6.07) is 28.2. The first-order valence-electron chi connectivity index (χ1n) is 13.9. The smallest absolute Gasteiger partial charge is 0.305 e. The third-order valence-corrected chi connectivity index (χ3v) is 7.74. The van der Waals surface area contributed by atoms with Gasteiger partial charge >= 0.3 is 5.97 Å². The molecule has 0 N–H and O–H groups in total. The molecule has 4 heteroatoms. The first-order chi connectivity index (χ1) is 18.6. The number of aromatic nitrogens is 1. The highest BCUT2D eigenvalue weighted by Gasteiger charge is 2.17. The number of esters is 1. The number of hydrogen-bond acceptors (Lipinski definition) is 3. The van der Waals surface area contributed by atoms with Crippen molar-refractivity contribution in [2.75, 3.05) is 26.7 Å². The maximum atomic E-state index is 12.2. The summed E-state index contributed by atoms with van der Waals surface area (Å²) < 4.78 is 7.39. The van der Waals surface area contributed by atoms with Crippen LogP contribution in [0.3, 0.4) is 0 Å². The fourth-order valence-corrected chi connectivity index (χ4v) is 5.60. The Kier molecular flexibility index (Phi) is 8.40. The summed E-state index contributed by atoms with van der Waals surface area (Å²) >= 11 is 0. The molecular formula is C34H38N2O2. The van der Waals surface area contributed by atoms with E-state index in [0.717, 1.165) is 29.8 Å². The van der Waals surface area contributed by atoms with Crippen molar-refractivity contribution in [3.8, 4) is 0 Å². The summed E-state index contributed by atoms with van der Waals surface area (Å²) in [7, 11) is 1.46. The average Bonchev–Trinajstić information content (AvgIpc) is 3.38. The van der Waals surface area contributed by atoms with Crippen LogP contribution in [0.15, 0.2) is 85.1 Å². The summed E-state index contributed by atoms with van der Waals surface area (Å²) in [5.74, 6) is -0.192. The lowest BCUT2D eigenvalue weighted by atomic mass is 9.86. The summed E-state index contributed by atoms with van der Waals surface area (Å²) in [4.78, 5) is 14.8. The number of aryl methyl sites for hydroxylation is 1. The molecule has 0 radical (unpaired) electrons. The van der Waals surface area contributed by atoms with Crippen LogP contribution >= 0.6 is 0 Å². The van der Waals surface area contributed by atoms with Gasteiger partial charge in [0.05, 0.1) is 7.11 Å². The number of rotatable bonds is 9. The lowest BCUT2D eigenvalue weighted by Crippen LogP contribution is -2.32. The lowest BCUT2D eigenvalue weighted by Gasteiger charge is -2.26. The molecule has 2 heterocycles. The van der Waals surface area contributed by atoms with Crippen LogP contribution in [-0.4, -0.2) is 42.2 Å². The molecule has 4 nitrogen and oxygen atoms in total. The van der Waals surface area contributed by atoms with Gasteiger partial charge in [-0.15, -0.1) is 0 Å². The molecule has 0 unspecified atom stereocenters. The van der Waals surface area contributed by atoms with Crippen molar-refractivity contribution in [3.63, 3.8) is 0 Å². The van der Waals surface area contributed by atoms with E-state index in [-0.39, 0.29) is 5.97 Å². The molecule has 0 aliphatic carbocycles. The molecule has 0 amide bonds. The minimum absolute atomic E-state index is 0.192. The summed E-state index contributed by atoms with van der Waals surface area (Å²) in [5, 5.41) is 1.24. The minimum Gasteiger partial charge on any atom is -0.469 e. The second-order valence-corrected chi connectivity index (χ2v) is 10.3. The maximum absolute atomic E-state index is 12.2. The molecular weight excluding hydrogens is 468 g/mol. The fraction of sp³-hybridized carbons (Fsp3) is 0.324. The number of hydrogen-bond donors (Lipinski definition) is 0. The monoisotopic (exact) mass is 506 g/mol. The van der Waals surface area contributed by atoms with Crippen LogP contribution in [0.2, 0.25) is 0 Å². The van der Waals surface area contributed by atoms with E-state index < -0.39 is 0 Å². The van der Waals surface area contributed by atoms with Crippen molar-refractivity contribution >= 4 is 28.0 Å². The van der Waals surface area contributed by atoms with Crippen molar-refractivity contribution in [1.82, 2.24) is 9.47 Å². The quantitative estimate of drug-likeness (QED) is 0.176. The Labute approximate surface area is 226 Å². The van der Waals surface area contributed by atoms with Gasteiger partial charge in [-0.2, -0.15) is 0 Å². The van der Waals surface area contributed by atoms with Gasteiger partial charge in [0.1, 0.15) is 0 Å². The molecule has 4 aromatic rings. The van der Waals surface area contributed by atoms with Crippen LogP contribution in [0.4, 0.5) is 0 Å². The van der Waals surface area contributed by atoms with Gasteiger partial charge in [0.2, 0.25) is 0 Å². The lowest BCUT2D eigenvalue weighted by molar-refractivity contribution is -0.140. The van der Waals surface area contributed by atoms with E-state index in [1.54, 1.807) is 0 Å². The Morgan fingerprint density at radius 2 is 1.53 bits per heavy atom. The molecule has 3 aromatic carbocycles. The predicted molar refractivity (Wildman–Crippen MR) is 157 cm³/mol.